The fourth-order valence-electron chi connectivity index (χ4n) is 5.57. The van der Waals surface area contributed by atoms with Crippen LogP contribution in [-0.2, 0) is 19.1 Å². The summed E-state index contributed by atoms with van der Waals surface area (Å²) in [4.78, 5) is 42.0. The minimum atomic E-state index is -0.646. The Hall–Kier alpha value is -2.78. The van der Waals surface area contributed by atoms with Crippen LogP contribution in [0.4, 0.5) is 5.69 Å². The number of carbonyl (C=O) groups is 2. The van der Waals surface area contributed by atoms with Crippen LogP contribution < -0.4 is 0 Å². The highest BCUT2D eigenvalue weighted by molar-refractivity contribution is 6.11. The SMILES string of the molecule is O=C1C2=C(OC3CCCCC13)C(=O)N(CCCN1CCOCC1)C2c1cccc([N+](=O)[O-])c1. The summed E-state index contributed by atoms with van der Waals surface area (Å²) in [6.45, 7) is 4.41. The molecule has 1 amide bonds. The molecule has 0 radical (unpaired) electrons. The molecule has 4 aliphatic rings. The number of hydrogen-bond donors (Lipinski definition) is 0. The molecule has 9 heteroatoms. The van der Waals surface area contributed by atoms with Crippen molar-refractivity contribution in [2.24, 2.45) is 5.92 Å². The number of morpholine rings is 1. The molecule has 0 bridgehead atoms. The zero-order chi connectivity index (χ0) is 22.9. The summed E-state index contributed by atoms with van der Waals surface area (Å²) in [6, 6.07) is 5.63. The standard InChI is InChI=1S/C24H29N3O6/c28-22-18-7-1-2-8-19(18)33-23-20(22)21(16-5-3-6-17(15-16)27(30)31)26(24(23)29)10-4-9-25-11-13-32-14-12-25/h3,5-6,15,18-19,21H,1-2,4,7-14H2. The number of rotatable bonds is 6. The van der Waals surface area contributed by atoms with Gasteiger partial charge in [0.2, 0.25) is 0 Å². The van der Waals surface area contributed by atoms with E-state index >= 15 is 0 Å². The Morgan fingerprint density at radius 2 is 1.88 bits per heavy atom. The van der Waals surface area contributed by atoms with Crippen molar-refractivity contribution in [1.29, 1.82) is 0 Å². The predicted molar refractivity (Wildman–Crippen MR) is 118 cm³/mol. The molecule has 1 saturated carbocycles. The van der Waals surface area contributed by atoms with Crippen LogP contribution in [0.1, 0.15) is 43.7 Å². The second-order valence-electron chi connectivity index (χ2n) is 9.22. The van der Waals surface area contributed by atoms with Gasteiger partial charge in [0.1, 0.15) is 6.10 Å². The molecule has 3 unspecified atom stereocenters. The van der Waals surface area contributed by atoms with Crippen molar-refractivity contribution in [1.82, 2.24) is 9.80 Å². The Kier molecular flexibility index (Phi) is 6.16. The van der Waals surface area contributed by atoms with E-state index in [0.717, 1.165) is 51.7 Å². The van der Waals surface area contributed by atoms with Gasteiger partial charge in [0.15, 0.2) is 11.5 Å². The van der Waals surface area contributed by atoms with Gasteiger partial charge in [-0.15, -0.1) is 0 Å². The van der Waals surface area contributed by atoms with Crippen LogP contribution in [0.5, 0.6) is 0 Å². The zero-order valence-electron chi connectivity index (χ0n) is 18.6. The van der Waals surface area contributed by atoms with Gasteiger partial charge in [-0.2, -0.15) is 0 Å². The van der Waals surface area contributed by atoms with E-state index in [1.54, 1.807) is 17.0 Å². The van der Waals surface area contributed by atoms with Crippen LogP contribution in [0.3, 0.4) is 0 Å². The number of fused-ring (bicyclic) bond motifs is 1. The number of nitrogens with zero attached hydrogens (tertiary/aromatic N) is 3. The molecule has 33 heavy (non-hydrogen) atoms. The van der Waals surface area contributed by atoms with Crippen LogP contribution in [0.15, 0.2) is 35.6 Å². The number of ketones is 1. The third kappa shape index (κ3) is 4.15. The van der Waals surface area contributed by atoms with Gasteiger partial charge in [-0.25, -0.2) is 0 Å². The van der Waals surface area contributed by atoms with E-state index in [-0.39, 0.29) is 35.2 Å². The van der Waals surface area contributed by atoms with E-state index in [2.05, 4.69) is 4.90 Å². The molecule has 3 aliphatic heterocycles. The van der Waals surface area contributed by atoms with Gasteiger partial charge >= 0.3 is 0 Å². The fraction of sp³-hybridized carbons (Fsp3) is 0.583. The number of hydrogen-bond acceptors (Lipinski definition) is 7. The van der Waals surface area contributed by atoms with Gasteiger partial charge in [-0.3, -0.25) is 24.6 Å². The molecule has 3 atom stereocenters. The Morgan fingerprint density at radius 1 is 1.09 bits per heavy atom. The van der Waals surface area contributed by atoms with Crippen molar-refractivity contribution >= 4 is 17.4 Å². The van der Waals surface area contributed by atoms with Crippen LogP contribution in [-0.4, -0.2) is 71.9 Å². The maximum absolute atomic E-state index is 13.6. The molecule has 9 nitrogen and oxygen atoms in total. The number of benzene rings is 1. The highest BCUT2D eigenvalue weighted by Gasteiger charge is 2.51. The van der Waals surface area contributed by atoms with Crippen LogP contribution in [0.2, 0.25) is 0 Å². The summed E-state index contributed by atoms with van der Waals surface area (Å²) < 4.78 is 11.6. The van der Waals surface area contributed by atoms with Crippen molar-refractivity contribution in [2.45, 2.75) is 44.2 Å². The van der Waals surface area contributed by atoms with Gasteiger partial charge in [-0.1, -0.05) is 18.6 Å². The molecule has 176 valence electrons. The number of nitro benzene ring substituents is 1. The second kappa shape index (κ2) is 9.23. The van der Waals surface area contributed by atoms with Crippen LogP contribution in [0, 0.1) is 16.0 Å². The summed E-state index contributed by atoms with van der Waals surface area (Å²) in [6.07, 6.45) is 3.98. The number of ether oxygens (including phenoxy) is 2. The van der Waals surface area contributed by atoms with Gasteiger partial charge in [0.05, 0.1) is 35.7 Å². The first kappa shape index (κ1) is 22.0. The number of Topliss-reactive ketones (excluding diaryl/α,β-unsaturated/α-hetero) is 1. The molecule has 1 aliphatic carbocycles. The average Bonchev–Trinajstić information content (AvgIpc) is 3.12. The van der Waals surface area contributed by atoms with Gasteiger partial charge < -0.3 is 14.4 Å². The molecule has 0 spiro atoms. The van der Waals surface area contributed by atoms with Crippen molar-refractivity contribution in [3.8, 4) is 0 Å². The lowest BCUT2D eigenvalue weighted by Gasteiger charge is -2.35. The quantitative estimate of drug-likeness (QED) is 0.480. The van der Waals surface area contributed by atoms with E-state index < -0.39 is 11.0 Å². The van der Waals surface area contributed by atoms with Gasteiger partial charge in [-0.05, 0) is 31.2 Å². The van der Waals surface area contributed by atoms with E-state index in [1.807, 2.05) is 0 Å². The van der Waals surface area contributed by atoms with E-state index in [1.165, 1.54) is 12.1 Å². The number of amides is 1. The molecule has 3 heterocycles. The first-order chi connectivity index (χ1) is 16.0. The topological polar surface area (TPSA) is 102 Å². The lowest BCUT2D eigenvalue weighted by molar-refractivity contribution is -0.384. The summed E-state index contributed by atoms with van der Waals surface area (Å²) in [5, 5.41) is 11.4. The van der Waals surface area contributed by atoms with Crippen LogP contribution in [0.25, 0.3) is 0 Å². The van der Waals surface area contributed by atoms with Crippen molar-refractivity contribution in [3.63, 3.8) is 0 Å². The maximum Gasteiger partial charge on any atom is 0.290 e. The molecular weight excluding hydrogens is 426 g/mol. The lowest BCUT2D eigenvalue weighted by Crippen LogP contribution is -2.39. The van der Waals surface area contributed by atoms with Gasteiger partial charge in [0, 0.05) is 38.3 Å². The van der Waals surface area contributed by atoms with Crippen molar-refractivity contribution in [2.75, 3.05) is 39.4 Å². The molecular formula is C24H29N3O6. The average molecular weight is 456 g/mol. The molecule has 1 saturated heterocycles. The third-order valence-electron chi connectivity index (χ3n) is 7.23. The lowest BCUT2D eigenvalue weighted by atomic mass is 9.77. The predicted octanol–water partition coefficient (Wildman–Crippen LogP) is 2.61. The Bertz CT molecular complexity index is 986. The molecule has 0 N–H and O–H groups in total. The summed E-state index contributed by atoms with van der Waals surface area (Å²) in [7, 11) is 0. The smallest absolute Gasteiger partial charge is 0.290 e. The molecule has 0 aromatic heterocycles. The highest BCUT2D eigenvalue weighted by Crippen LogP contribution is 2.47. The van der Waals surface area contributed by atoms with Crippen molar-refractivity contribution < 1.29 is 24.0 Å². The number of non-ortho nitro benzene ring substituents is 1. The van der Waals surface area contributed by atoms with E-state index in [9.17, 15) is 19.7 Å². The van der Waals surface area contributed by atoms with E-state index in [0.29, 0.717) is 30.9 Å². The minimum absolute atomic E-state index is 0.0264. The normalized spacial score (nSPS) is 27.9. The Morgan fingerprint density at radius 3 is 2.67 bits per heavy atom. The fourth-order valence-corrected chi connectivity index (χ4v) is 5.57. The third-order valence-corrected chi connectivity index (χ3v) is 7.23. The summed E-state index contributed by atoms with van der Waals surface area (Å²) in [5.74, 6) is -0.381. The monoisotopic (exact) mass is 455 g/mol. The highest BCUT2D eigenvalue weighted by atomic mass is 16.6. The van der Waals surface area contributed by atoms with Gasteiger partial charge in [0.25, 0.3) is 11.6 Å². The first-order valence-corrected chi connectivity index (χ1v) is 11.8. The molecule has 1 aromatic carbocycles. The first-order valence-electron chi connectivity index (χ1n) is 11.8. The maximum atomic E-state index is 13.6. The van der Waals surface area contributed by atoms with E-state index in [4.69, 9.17) is 9.47 Å². The molecule has 5 rings (SSSR count). The largest absolute Gasteiger partial charge is 0.483 e. The minimum Gasteiger partial charge on any atom is -0.483 e. The zero-order valence-corrected chi connectivity index (χ0v) is 18.6. The van der Waals surface area contributed by atoms with Crippen molar-refractivity contribution in [3.05, 3.63) is 51.3 Å². The second-order valence-corrected chi connectivity index (χ2v) is 9.22. The Labute approximate surface area is 192 Å². The summed E-state index contributed by atoms with van der Waals surface area (Å²) >= 11 is 0. The Balaban J connectivity index is 1.45. The van der Waals surface area contributed by atoms with Crippen LogP contribution >= 0.6 is 0 Å². The molecule has 1 aromatic rings. The number of nitro groups is 1. The molecule has 2 fully saturated rings. The summed E-state index contributed by atoms with van der Waals surface area (Å²) in [5.41, 5.74) is 0.914. The number of carbonyl (C=O) groups excluding carboxylic acids is 2.